The van der Waals surface area contributed by atoms with Crippen molar-refractivity contribution in [2.75, 3.05) is 7.11 Å². The standard InChI is InChI=1S/C17H16O2/c1-11-15(18-3)10-9-14-16(12(2)19-17(11)14)13-7-5-4-6-8-13/h4-10H,1-3H3. The lowest BCUT2D eigenvalue weighted by Crippen LogP contribution is -1.86. The first-order chi connectivity index (χ1) is 9.22. The SMILES string of the molecule is COc1ccc2c(-c3ccccc3)c(C)oc2c1C. The molecule has 0 unspecified atom stereocenters. The monoisotopic (exact) mass is 252 g/mol. The van der Waals surface area contributed by atoms with Crippen LogP contribution in [0.25, 0.3) is 22.1 Å². The third kappa shape index (κ3) is 1.80. The largest absolute Gasteiger partial charge is 0.496 e. The zero-order valence-corrected chi connectivity index (χ0v) is 11.4. The van der Waals surface area contributed by atoms with E-state index < -0.39 is 0 Å². The molecule has 2 aromatic carbocycles. The van der Waals surface area contributed by atoms with Crippen molar-refractivity contribution in [3.05, 3.63) is 53.8 Å². The first kappa shape index (κ1) is 11.8. The molecule has 3 aromatic rings. The van der Waals surface area contributed by atoms with E-state index in [0.717, 1.165) is 28.0 Å². The Balaban J connectivity index is 2.33. The molecule has 0 saturated heterocycles. The fraction of sp³-hybridized carbons (Fsp3) is 0.176. The van der Waals surface area contributed by atoms with E-state index in [0.29, 0.717) is 0 Å². The highest BCUT2D eigenvalue weighted by atomic mass is 16.5. The van der Waals surface area contributed by atoms with Gasteiger partial charge in [-0.2, -0.15) is 0 Å². The third-order valence-corrected chi connectivity index (χ3v) is 3.52. The van der Waals surface area contributed by atoms with E-state index in [4.69, 9.17) is 9.15 Å². The Bertz CT molecular complexity index is 724. The second-order valence-corrected chi connectivity index (χ2v) is 4.67. The molecule has 0 aliphatic carbocycles. The molecule has 0 fully saturated rings. The van der Waals surface area contributed by atoms with E-state index >= 15 is 0 Å². The van der Waals surface area contributed by atoms with E-state index in [1.54, 1.807) is 7.11 Å². The maximum atomic E-state index is 5.95. The number of benzene rings is 2. The van der Waals surface area contributed by atoms with Crippen LogP contribution in [0.3, 0.4) is 0 Å². The highest BCUT2D eigenvalue weighted by molar-refractivity contribution is 5.97. The van der Waals surface area contributed by atoms with Crippen molar-refractivity contribution in [1.29, 1.82) is 0 Å². The number of rotatable bonds is 2. The maximum absolute atomic E-state index is 5.95. The van der Waals surface area contributed by atoms with Crippen molar-refractivity contribution in [2.24, 2.45) is 0 Å². The van der Waals surface area contributed by atoms with Crippen molar-refractivity contribution in [3.63, 3.8) is 0 Å². The van der Waals surface area contributed by atoms with Crippen LogP contribution in [0, 0.1) is 13.8 Å². The van der Waals surface area contributed by atoms with Gasteiger partial charge in [-0.15, -0.1) is 0 Å². The molecular weight excluding hydrogens is 236 g/mol. The van der Waals surface area contributed by atoms with Crippen molar-refractivity contribution < 1.29 is 9.15 Å². The molecule has 2 nitrogen and oxygen atoms in total. The second kappa shape index (κ2) is 4.47. The highest BCUT2D eigenvalue weighted by Crippen LogP contribution is 2.38. The molecule has 0 spiro atoms. The first-order valence-electron chi connectivity index (χ1n) is 6.34. The Morgan fingerprint density at radius 2 is 1.68 bits per heavy atom. The van der Waals surface area contributed by atoms with Crippen LogP contribution in [0.15, 0.2) is 46.9 Å². The zero-order chi connectivity index (χ0) is 13.4. The van der Waals surface area contributed by atoms with Crippen LogP contribution >= 0.6 is 0 Å². The summed E-state index contributed by atoms with van der Waals surface area (Å²) < 4.78 is 11.3. The molecule has 0 radical (unpaired) electrons. The maximum Gasteiger partial charge on any atom is 0.141 e. The third-order valence-electron chi connectivity index (χ3n) is 3.52. The molecule has 1 aromatic heterocycles. The average molecular weight is 252 g/mol. The predicted molar refractivity (Wildman–Crippen MR) is 77.7 cm³/mol. The molecule has 3 rings (SSSR count). The Labute approximate surface area is 112 Å². The quantitative estimate of drug-likeness (QED) is 0.658. The van der Waals surface area contributed by atoms with Gasteiger partial charge in [0, 0.05) is 16.5 Å². The van der Waals surface area contributed by atoms with Crippen LogP contribution in [-0.2, 0) is 0 Å². The normalized spacial score (nSPS) is 10.9. The second-order valence-electron chi connectivity index (χ2n) is 4.67. The van der Waals surface area contributed by atoms with Gasteiger partial charge in [0.05, 0.1) is 7.11 Å². The number of furan rings is 1. The summed E-state index contributed by atoms with van der Waals surface area (Å²) in [6.45, 7) is 4.03. The molecule has 0 saturated carbocycles. The number of methoxy groups -OCH3 is 1. The van der Waals surface area contributed by atoms with E-state index in [2.05, 4.69) is 18.2 Å². The summed E-state index contributed by atoms with van der Waals surface area (Å²) in [7, 11) is 1.68. The Morgan fingerprint density at radius 3 is 2.37 bits per heavy atom. The molecule has 0 aliphatic heterocycles. The number of aryl methyl sites for hydroxylation is 2. The molecule has 0 amide bonds. The minimum Gasteiger partial charge on any atom is -0.496 e. The Morgan fingerprint density at radius 1 is 0.947 bits per heavy atom. The van der Waals surface area contributed by atoms with Crippen LogP contribution < -0.4 is 4.74 Å². The molecular formula is C17H16O2. The summed E-state index contributed by atoms with van der Waals surface area (Å²) in [4.78, 5) is 0. The van der Waals surface area contributed by atoms with Gasteiger partial charge in [-0.25, -0.2) is 0 Å². The van der Waals surface area contributed by atoms with E-state index in [1.165, 1.54) is 11.1 Å². The summed E-state index contributed by atoms with van der Waals surface area (Å²) in [6.07, 6.45) is 0. The molecule has 0 aliphatic rings. The van der Waals surface area contributed by atoms with Crippen molar-refractivity contribution in [2.45, 2.75) is 13.8 Å². The van der Waals surface area contributed by atoms with Gasteiger partial charge in [0.1, 0.15) is 17.1 Å². The number of ether oxygens (including phenoxy) is 1. The van der Waals surface area contributed by atoms with Crippen LogP contribution in [0.5, 0.6) is 5.75 Å². The van der Waals surface area contributed by atoms with Crippen LogP contribution in [0.2, 0.25) is 0 Å². The van der Waals surface area contributed by atoms with Crippen LogP contribution in [-0.4, -0.2) is 7.11 Å². The van der Waals surface area contributed by atoms with Crippen molar-refractivity contribution >= 4 is 11.0 Å². The molecule has 19 heavy (non-hydrogen) atoms. The molecule has 0 bridgehead atoms. The lowest BCUT2D eigenvalue weighted by atomic mass is 10.0. The molecule has 0 N–H and O–H groups in total. The van der Waals surface area contributed by atoms with Gasteiger partial charge in [0.15, 0.2) is 0 Å². The van der Waals surface area contributed by atoms with Crippen LogP contribution in [0.1, 0.15) is 11.3 Å². The summed E-state index contributed by atoms with van der Waals surface area (Å²) >= 11 is 0. The fourth-order valence-electron chi connectivity index (χ4n) is 2.58. The summed E-state index contributed by atoms with van der Waals surface area (Å²) in [5.74, 6) is 1.80. The number of fused-ring (bicyclic) bond motifs is 1. The lowest BCUT2D eigenvalue weighted by molar-refractivity contribution is 0.411. The van der Waals surface area contributed by atoms with E-state index in [-0.39, 0.29) is 0 Å². The van der Waals surface area contributed by atoms with Gasteiger partial charge < -0.3 is 9.15 Å². The van der Waals surface area contributed by atoms with E-state index in [9.17, 15) is 0 Å². The summed E-state index contributed by atoms with van der Waals surface area (Å²) in [5, 5.41) is 1.14. The van der Waals surface area contributed by atoms with Gasteiger partial charge in [0.25, 0.3) is 0 Å². The lowest BCUT2D eigenvalue weighted by Gasteiger charge is -2.04. The van der Waals surface area contributed by atoms with Gasteiger partial charge in [-0.1, -0.05) is 30.3 Å². The fourth-order valence-corrected chi connectivity index (χ4v) is 2.58. The van der Waals surface area contributed by atoms with Gasteiger partial charge in [-0.05, 0) is 31.5 Å². The average Bonchev–Trinajstić information content (AvgIpc) is 2.77. The molecule has 2 heteroatoms. The molecule has 1 heterocycles. The summed E-state index contributed by atoms with van der Waals surface area (Å²) in [6, 6.07) is 14.4. The Hall–Kier alpha value is -2.22. The first-order valence-corrected chi connectivity index (χ1v) is 6.34. The molecule has 0 atom stereocenters. The smallest absolute Gasteiger partial charge is 0.141 e. The van der Waals surface area contributed by atoms with Crippen LogP contribution in [0.4, 0.5) is 0 Å². The number of hydrogen-bond donors (Lipinski definition) is 0. The number of hydrogen-bond acceptors (Lipinski definition) is 2. The minimum absolute atomic E-state index is 0.862. The van der Waals surface area contributed by atoms with Gasteiger partial charge in [-0.3, -0.25) is 0 Å². The highest BCUT2D eigenvalue weighted by Gasteiger charge is 2.16. The van der Waals surface area contributed by atoms with Crippen molar-refractivity contribution in [3.8, 4) is 16.9 Å². The minimum atomic E-state index is 0.862. The van der Waals surface area contributed by atoms with Gasteiger partial charge >= 0.3 is 0 Å². The predicted octanol–water partition coefficient (Wildman–Crippen LogP) is 4.73. The molecule has 96 valence electrons. The zero-order valence-electron chi connectivity index (χ0n) is 11.4. The topological polar surface area (TPSA) is 22.4 Å². The van der Waals surface area contributed by atoms with Gasteiger partial charge in [0.2, 0.25) is 0 Å². The van der Waals surface area contributed by atoms with Crippen molar-refractivity contribution in [1.82, 2.24) is 0 Å². The Kier molecular flexibility index (Phi) is 2.79. The van der Waals surface area contributed by atoms with E-state index in [1.807, 2.05) is 38.1 Å². The summed E-state index contributed by atoms with van der Waals surface area (Å²) in [5.41, 5.74) is 4.31.